The number of aromatic nitrogens is 2. The number of halogens is 2. The smallest absolute Gasteiger partial charge is 0.244 e. The van der Waals surface area contributed by atoms with Gasteiger partial charge in [-0.2, -0.15) is 5.10 Å². The third kappa shape index (κ3) is 4.34. The van der Waals surface area contributed by atoms with Gasteiger partial charge in [-0.25, -0.2) is 0 Å². The van der Waals surface area contributed by atoms with Gasteiger partial charge >= 0.3 is 0 Å². The highest BCUT2D eigenvalue weighted by atomic mass is 35.5. The second kappa shape index (κ2) is 7.29. The summed E-state index contributed by atoms with van der Waals surface area (Å²) < 4.78 is 1.73. The SMILES string of the molecule is CCn1cc(Cl)c(CNC(=O)/C=C/c2ccccc2Cl)n1. The first-order valence-electron chi connectivity index (χ1n) is 6.52. The van der Waals surface area contributed by atoms with Crippen molar-refractivity contribution in [3.63, 3.8) is 0 Å². The van der Waals surface area contributed by atoms with E-state index in [1.165, 1.54) is 6.08 Å². The lowest BCUT2D eigenvalue weighted by Crippen LogP contribution is -2.20. The fraction of sp³-hybridized carbons (Fsp3) is 0.200. The van der Waals surface area contributed by atoms with Gasteiger partial charge in [0, 0.05) is 23.8 Å². The van der Waals surface area contributed by atoms with Crippen molar-refractivity contribution in [3.8, 4) is 0 Å². The van der Waals surface area contributed by atoms with Gasteiger partial charge in [0.15, 0.2) is 0 Å². The number of carbonyl (C=O) groups excluding carboxylic acids is 1. The summed E-state index contributed by atoms with van der Waals surface area (Å²) in [6, 6.07) is 7.31. The molecule has 1 aromatic carbocycles. The summed E-state index contributed by atoms with van der Waals surface area (Å²) in [7, 11) is 0. The summed E-state index contributed by atoms with van der Waals surface area (Å²) >= 11 is 12.0. The number of benzene rings is 1. The highest BCUT2D eigenvalue weighted by Crippen LogP contribution is 2.16. The molecular weight excluding hydrogens is 309 g/mol. The van der Waals surface area contributed by atoms with Crippen molar-refractivity contribution in [2.45, 2.75) is 20.0 Å². The zero-order valence-corrected chi connectivity index (χ0v) is 13.0. The first kappa shape index (κ1) is 15.6. The van der Waals surface area contributed by atoms with Crippen LogP contribution in [0.4, 0.5) is 0 Å². The second-order valence-corrected chi connectivity index (χ2v) is 5.17. The van der Waals surface area contributed by atoms with Gasteiger partial charge in [-0.1, -0.05) is 41.4 Å². The third-order valence-electron chi connectivity index (χ3n) is 2.86. The normalized spacial score (nSPS) is 11.0. The van der Waals surface area contributed by atoms with Crippen LogP contribution in [0.15, 0.2) is 36.5 Å². The molecule has 0 unspecified atom stereocenters. The molecule has 0 spiro atoms. The van der Waals surface area contributed by atoms with E-state index in [0.29, 0.717) is 15.7 Å². The monoisotopic (exact) mass is 323 g/mol. The van der Waals surface area contributed by atoms with Crippen LogP contribution < -0.4 is 5.32 Å². The first-order chi connectivity index (χ1) is 10.1. The number of hydrogen-bond donors (Lipinski definition) is 1. The van der Waals surface area contributed by atoms with Gasteiger partial charge in [0.05, 0.1) is 11.6 Å². The van der Waals surface area contributed by atoms with Gasteiger partial charge in [-0.15, -0.1) is 0 Å². The molecule has 0 bridgehead atoms. The van der Waals surface area contributed by atoms with Crippen LogP contribution in [-0.2, 0) is 17.9 Å². The molecule has 0 atom stereocenters. The van der Waals surface area contributed by atoms with Crippen molar-refractivity contribution in [2.75, 3.05) is 0 Å². The van der Waals surface area contributed by atoms with Gasteiger partial charge in [-0.3, -0.25) is 9.48 Å². The Bertz CT molecular complexity index is 665. The minimum atomic E-state index is -0.225. The van der Waals surface area contributed by atoms with E-state index < -0.39 is 0 Å². The lowest BCUT2D eigenvalue weighted by molar-refractivity contribution is -0.116. The fourth-order valence-corrected chi connectivity index (χ4v) is 2.14. The van der Waals surface area contributed by atoms with Crippen LogP contribution in [0.3, 0.4) is 0 Å². The van der Waals surface area contributed by atoms with Crippen molar-refractivity contribution in [1.82, 2.24) is 15.1 Å². The molecule has 0 saturated heterocycles. The summed E-state index contributed by atoms with van der Waals surface area (Å²) in [5.41, 5.74) is 1.45. The number of hydrogen-bond acceptors (Lipinski definition) is 2. The zero-order chi connectivity index (χ0) is 15.2. The van der Waals surface area contributed by atoms with Gasteiger partial charge < -0.3 is 5.32 Å². The molecular formula is C15H15Cl2N3O. The van der Waals surface area contributed by atoms with Crippen LogP contribution in [-0.4, -0.2) is 15.7 Å². The summed E-state index contributed by atoms with van der Waals surface area (Å²) in [5, 5.41) is 8.15. The Labute approximate surface area is 133 Å². The molecule has 1 N–H and O–H groups in total. The predicted molar refractivity (Wildman–Crippen MR) is 85.2 cm³/mol. The molecule has 0 radical (unpaired) electrons. The standard InChI is InChI=1S/C15H15Cl2N3O/c1-2-20-10-13(17)14(19-20)9-18-15(21)8-7-11-5-3-4-6-12(11)16/h3-8,10H,2,9H2,1H3,(H,18,21)/b8-7+. The van der Waals surface area contributed by atoms with Crippen LogP contribution in [0.25, 0.3) is 6.08 Å². The number of rotatable bonds is 5. The summed E-state index contributed by atoms with van der Waals surface area (Å²) in [4.78, 5) is 11.8. The molecule has 2 rings (SSSR count). The van der Waals surface area contributed by atoms with Crippen LogP contribution in [0.1, 0.15) is 18.2 Å². The molecule has 21 heavy (non-hydrogen) atoms. The highest BCUT2D eigenvalue weighted by molar-refractivity contribution is 6.32. The van der Waals surface area contributed by atoms with Gasteiger partial charge in [0.2, 0.25) is 5.91 Å². The summed E-state index contributed by atoms with van der Waals surface area (Å²) in [5.74, 6) is -0.225. The zero-order valence-electron chi connectivity index (χ0n) is 11.5. The third-order valence-corrected chi connectivity index (χ3v) is 3.52. The van der Waals surface area contributed by atoms with E-state index in [9.17, 15) is 4.79 Å². The minimum Gasteiger partial charge on any atom is -0.347 e. The maximum atomic E-state index is 11.8. The van der Waals surface area contributed by atoms with Crippen LogP contribution in [0.2, 0.25) is 10.0 Å². The number of amides is 1. The Morgan fingerprint density at radius 3 is 2.76 bits per heavy atom. The fourth-order valence-electron chi connectivity index (χ4n) is 1.72. The van der Waals surface area contributed by atoms with E-state index >= 15 is 0 Å². The molecule has 0 aliphatic carbocycles. The summed E-state index contributed by atoms with van der Waals surface area (Å²) in [6.45, 7) is 3.00. The number of carbonyl (C=O) groups is 1. The predicted octanol–water partition coefficient (Wildman–Crippen LogP) is 3.54. The maximum absolute atomic E-state index is 11.8. The molecule has 0 saturated carbocycles. The molecule has 4 nitrogen and oxygen atoms in total. The van der Waals surface area contributed by atoms with Crippen molar-refractivity contribution in [3.05, 3.63) is 57.8 Å². The van der Waals surface area contributed by atoms with Crippen LogP contribution >= 0.6 is 23.2 Å². The van der Waals surface area contributed by atoms with Gasteiger partial charge in [0.25, 0.3) is 0 Å². The van der Waals surface area contributed by atoms with Crippen LogP contribution in [0, 0.1) is 0 Å². The van der Waals surface area contributed by atoms with Crippen molar-refractivity contribution < 1.29 is 4.79 Å². The molecule has 1 aromatic heterocycles. The van der Waals surface area contributed by atoms with E-state index in [2.05, 4.69) is 10.4 Å². The molecule has 1 heterocycles. The lowest BCUT2D eigenvalue weighted by Gasteiger charge is -2.00. The van der Waals surface area contributed by atoms with Crippen molar-refractivity contribution >= 4 is 35.2 Å². The molecule has 0 fully saturated rings. The van der Waals surface area contributed by atoms with E-state index in [1.54, 1.807) is 23.0 Å². The van der Waals surface area contributed by atoms with Crippen LogP contribution in [0.5, 0.6) is 0 Å². The van der Waals surface area contributed by atoms with E-state index in [-0.39, 0.29) is 12.5 Å². The largest absolute Gasteiger partial charge is 0.347 e. The molecule has 6 heteroatoms. The Balaban J connectivity index is 1.93. The van der Waals surface area contributed by atoms with Crippen molar-refractivity contribution in [1.29, 1.82) is 0 Å². The molecule has 0 aliphatic heterocycles. The second-order valence-electron chi connectivity index (χ2n) is 4.35. The van der Waals surface area contributed by atoms with E-state index in [1.807, 2.05) is 25.1 Å². The summed E-state index contributed by atoms with van der Waals surface area (Å²) in [6.07, 6.45) is 4.85. The Morgan fingerprint density at radius 2 is 2.10 bits per heavy atom. The van der Waals surface area contributed by atoms with Crippen molar-refractivity contribution in [2.24, 2.45) is 0 Å². The Hall–Kier alpha value is -1.78. The average molecular weight is 324 g/mol. The first-order valence-corrected chi connectivity index (χ1v) is 7.28. The molecule has 1 amide bonds. The number of nitrogens with one attached hydrogen (secondary N) is 1. The average Bonchev–Trinajstić information content (AvgIpc) is 2.84. The van der Waals surface area contributed by atoms with Gasteiger partial charge in [0.1, 0.15) is 5.69 Å². The topological polar surface area (TPSA) is 46.9 Å². The number of aryl methyl sites for hydroxylation is 1. The minimum absolute atomic E-state index is 0.225. The van der Waals surface area contributed by atoms with E-state index in [0.717, 1.165) is 12.1 Å². The maximum Gasteiger partial charge on any atom is 0.244 e. The molecule has 0 aliphatic rings. The van der Waals surface area contributed by atoms with Gasteiger partial charge in [-0.05, 0) is 24.6 Å². The Kier molecular flexibility index (Phi) is 5.42. The molecule has 2 aromatic rings. The van der Waals surface area contributed by atoms with E-state index in [4.69, 9.17) is 23.2 Å². The Morgan fingerprint density at radius 1 is 1.33 bits per heavy atom. The lowest BCUT2D eigenvalue weighted by atomic mass is 10.2. The quantitative estimate of drug-likeness (QED) is 0.855. The highest BCUT2D eigenvalue weighted by Gasteiger charge is 2.07. The number of nitrogens with zero attached hydrogens (tertiary/aromatic N) is 2. The molecule has 110 valence electrons.